The van der Waals surface area contributed by atoms with Gasteiger partial charge in [-0.05, 0) is 50.2 Å². The summed E-state index contributed by atoms with van der Waals surface area (Å²) in [7, 11) is 1.56. The summed E-state index contributed by atoms with van der Waals surface area (Å²) < 4.78 is 5.30. The fourth-order valence-electron chi connectivity index (χ4n) is 2.18. The van der Waals surface area contributed by atoms with Crippen LogP contribution < -0.4 is 20.7 Å². The van der Waals surface area contributed by atoms with Crippen LogP contribution in [-0.4, -0.2) is 38.6 Å². The van der Waals surface area contributed by atoms with E-state index in [2.05, 4.69) is 16.0 Å². The van der Waals surface area contributed by atoms with Crippen molar-refractivity contribution in [3.63, 3.8) is 0 Å². The maximum absolute atomic E-state index is 12.1. The van der Waals surface area contributed by atoms with Crippen molar-refractivity contribution < 1.29 is 14.3 Å². The van der Waals surface area contributed by atoms with Gasteiger partial charge in [-0.2, -0.15) is 0 Å². The second kappa shape index (κ2) is 9.27. The van der Waals surface area contributed by atoms with Crippen molar-refractivity contribution in [3.8, 4) is 5.75 Å². The zero-order valence-electron chi connectivity index (χ0n) is 12.6. The van der Waals surface area contributed by atoms with Crippen molar-refractivity contribution in [3.05, 3.63) is 24.3 Å². The normalized spacial score (nSPS) is 14.6. The van der Waals surface area contributed by atoms with E-state index in [1.54, 1.807) is 31.3 Å². The molecule has 1 aromatic carbocycles. The number of carbonyl (C=O) groups is 2. The number of likely N-dealkylation sites (N-methyl/N-ethyl adjacent to an activating group) is 1. The summed E-state index contributed by atoms with van der Waals surface area (Å²) in [5.74, 6) is 0.558. The number of hydrogen-bond acceptors (Lipinski definition) is 4. The molecule has 0 saturated carbocycles. The molecular formula is C15H22ClN3O3. The van der Waals surface area contributed by atoms with E-state index in [0.717, 1.165) is 31.6 Å². The van der Waals surface area contributed by atoms with Crippen LogP contribution in [0.1, 0.15) is 12.8 Å². The minimum atomic E-state index is -0.182. The third-order valence-corrected chi connectivity index (χ3v) is 3.48. The zero-order chi connectivity index (χ0) is 15.1. The van der Waals surface area contributed by atoms with Gasteiger partial charge in [-0.3, -0.25) is 9.59 Å². The molecule has 1 aromatic rings. The van der Waals surface area contributed by atoms with E-state index in [1.165, 1.54) is 0 Å². The summed E-state index contributed by atoms with van der Waals surface area (Å²) in [6, 6.07) is 7.03. The lowest BCUT2D eigenvalue weighted by Crippen LogP contribution is -2.34. The van der Waals surface area contributed by atoms with Gasteiger partial charge in [0, 0.05) is 18.7 Å². The largest absolute Gasteiger partial charge is 0.484 e. The molecule has 1 aliphatic heterocycles. The van der Waals surface area contributed by atoms with Crippen molar-refractivity contribution in [2.24, 2.45) is 5.92 Å². The summed E-state index contributed by atoms with van der Waals surface area (Å²) in [4.78, 5) is 23.2. The third kappa shape index (κ3) is 5.54. The standard InChI is InChI=1S/C15H21N3O3.ClH/c1-16-14(19)10-21-13-4-2-12(3-5-13)18-15(20)11-6-8-17-9-7-11;/h2-5,11,17H,6-10H2,1H3,(H,16,19)(H,18,20);1H. The minimum Gasteiger partial charge on any atom is -0.484 e. The van der Waals surface area contributed by atoms with Crippen LogP contribution >= 0.6 is 12.4 Å². The SMILES string of the molecule is CNC(=O)COc1ccc(NC(=O)C2CCNCC2)cc1.Cl. The molecule has 7 heteroatoms. The lowest BCUT2D eigenvalue weighted by atomic mass is 9.97. The number of piperidine rings is 1. The second-order valence-corrected chi connectivity index (χ2v) is 5.00. The topological polar surface area (TPSA) is 79.5 Å². The van der Waals surface area contributed by atoms with Crippen molar-refractivity contribution in [2.45, 2.75) is 12.8 Å². The second-order valence-electron chi connectivity index (χ2n) is 5.00. The zero-order valence-corrected chi connectivity index (χ0v) is 13.4. The van der Waals surface area contributed by atoms with Gasteiger partial charge in [-0.25, -0.2) is 0 Å². The highest BCUT2D eigenvalue weighted by Gasteiger charge is 2.20. The first-order chi connectivity index (χ1) is 10.2. The Bertz CT molecular complexity index is 487. The molecule has 0 radical (unpaired) electrons. The van der Waals surface area contributed by atoms with Gasteiger partial charge in [0.1, 0.15) is 5.75 Å². The number of amides is 2. The van der Waals surface area contributed by atoms with E-state index < -0.39 is 0 Å². The monoisotopic (exact) mass is 327 g/mol. The molecule has 22 heavy (non-hydrogen) atoms. The molecular weight excluding hydrogens is 306 g/mol. The number of nitrogens with one attached hydrogen (secondary N) is 3. The summed E-state index contributed by atoms with van der Waals surface area (Å²) >= 11 is 0. The molecule has 1 fully saturated rings. The first kappa shape index (κ1) is 18.3. The van der Waals surface area contributed by atoms with Crippen LogP contribution in [0.4, 0.5) is 5.69 Å². The van der Waals surface area contributed by atoms with Crippen molar-refractivity contribution in [1.29, 1.82) is 0 Å². The van der Waals surface area contributed by atoms with E-state index in [1.807, 2.05) is 0 Å². The van der Waals surface area contributed by atoms with Crippen molar-refractivity contribution in [2.75, 3.05) is 32.1 Å². The van der Waals surface area contributed by atoms with Crippen LogP contribution in [0.5, 0.6) is 5.75 Å². The maximum Gasteiger partial charge on any atom is 0.257 e. The molecule has 1 aliphatic rings. The van der Waals surface area contributed by atoms with Crippen LogP contribution in [0.3, 0.4) is 0 Å². The maximum atomic E-state index is 12.1. The third-order valence-electron chi connectivity index (χ3n) is 3.48. The molecule has 0 bridgehead atoms. The predicted molar refractivity (Wildman–Crippen MR) is 87.5 cm³/mol. The lowest BCUT2D eigenvalue weighted by molar-refractivity contribution is -0.122. The first-order valence-corrected chi connectivity index (χ1v) is 7.14. The molecule has 0 spiro atoms. The van der Waals surface area contributed by atoms with Gasteiger partial charge in [0.05, 0.1) is 0 Å². The molecule has 2 rings (SSSR count). The van der Waals surface area contributed by atoms with Gasteiger partial charge in [0.2, 0.25) is 5.91 Å². The fraction of sp³-hybridized carbons (Fsp3) is 0.467. The molecule has 2 amide bonds. The molecule has 0 atom stereocenters. The van der Waals surface area contributed by atoms with E-state index in [4.69, 9.17) is 4.74 Å². The van der Waals surface area contributed by atoms with Gasteiger partial charge in [-0.1, -0.05) is 0 Å². The van der Waals surface area contributed by atoms with Gasteiger partial charge in [-0.15, -0.1) is 12.4 Å². The van der Waals surface area contributed by atoms with E-state index >= 15 is 0 Å². The van der Waals surface area contributed by atoms with Crippen molar-refractivity contribution >= 4 is 29.9 Å². The number of benzene rings is 1. The van der Waals surface area contributed by atoms with Crippen LogP contribution in [0.25, 0.3) is 0 Å². The fourth-order valence-corrected chi connectivity index (χ4v) is 2.18. The average Bonchev–Trinajstić information content (AvgIpc) is 2.54. The van der Waals surface area contributed by atoms with Gasteiger partial charge in [0.25, 0.3) is 5.91 Å². The molecule has 0 unspecified atom stereocenters. The summed E-state index contributed by atoms with van der Waals surface area (Å²) in [5, 5.41) is 8.64. The minimum absolute atomic E-state index is 0. The Morgan fingerprint density at radius 3 is 2.45 bits per heavy atom. The van der Waals surface area contributed by atoms with E-state index in [9.17, 15) is 9.59 Å². The van der Waals surface area contributed by atoms with E-state index in [0.29, 0.717) is 5.75 Å². The number of carbonyl (C=O) groups excluding carboxylic acids is 2. The Balaban J connectivity index is 0.00000242. The van der Waals surface area contributed by atoms with Gasteiger partial charge >= 0.3 is 0 Å². The van der Waals surface area contributed by atoms with Crippen LogP contribution in [0.15, 0.2) is 24.3 Å². The predicted octanol–water partition coefficient (Wildman–Crippen LogP) is 1.17. The smallest absolute Gasteiger partial charge is 0.257 e. The summed E-state index contributed by atoms with van der Waals surface area (Å²) in [5.41, 5.74) is 0.742. The van der Waals surface area contributed by atoms with Crippen LogP contribution in [-0.2, 0) is 9.59 Å². The highest BCUT2D eigenvalue weighted by molar-refractivity contribution is 5.92. The number of halogens is 1. The van der Waals surface area contributed by atoms with Gasteiger partial charge < -0.3 is 20.7 Å². The average molecular weight is 328 g/mol. The molecule has 122 valence electrons. The number of rotatable bonds is 5. The Morgan fingerprint density at radius 2 is 1.86 bits per heavy atom. The Labute approximate surface area is 136 Å². The molecule has 1 heterocycles. The quantitative estimate of drug-likeness (QED) is 0.758. The number of ether oxygens (including phenoxy) is 1. The van der Waals surface area contributed by atoms with E-state index in [-0.39, 0.29) is 36.7 Å². The number of anilines is 1. The molecule has 1 saturated heterocycles. The van der Waals surface area contributed by atoms with Crippen LogP contribution in [0, 0.1) is 5.92 Å². The summed E-state index contributed by atoms with van der Waals surface area (Å²) in [6.07, 6.45) is 1.75. The molecule has 6 nitrogen and oxygen atoms in total. The number of hydrogen-bond donors (Lipinski definition) is 3. The molecule has 0 aliphatic carbocycles. The highest BCUT2D eigenvalue weighted by atomic mass is 35.5. The van der Waals surface area contributed by atoms with Gasteiger partial charge in [0.15, 0.2) is 6.61 Å². The lowest BCUT2D eigenvalue weighted by Gasteiger charge is -2.21. The first-order valence-electron chi connectivity index (χ1n) is 7.14. The molecule has 0 aromatic heterocycles. The molecule has 3 N–H and O–H groups in total. The Hall–Kier alpha value is -1.79. The summed E-state index contributed by atoms with van der Waals surface area (Å²) in [6.45, 7) is 1.77. The van der Waals surface area contributed by atoms with Crippen LogP contribution in [0.2, 0.25) is 0 Å². The Morgan fingerprint density at radius 1 is 1.23 bits per heavy atom. The highest BCUT2D eigenvalue weighted by Crippen LogP contribution is 2.18. The Kier molecular flexibility index (Phi) is 7.70. The van der Waals surface area contributed by atoms with Crippen molar-refractivity contribution in [1.82, 2.24) is 10.6 Å².